The second kappa shape index (κ2) is 6.43. The highest BCUT2D eigenvalue weighted by molar-refractivity contribution is 6.74. The van der Waals surface area contributed by atoms with Gasteiger partial charge < -0.3 is 9.22 Å². The van der Waals surface area contributed by atoms with Crippen molar-refractivity contribution >= 4 is 14.6 Å². The summed E-state index contributed by atoms with van der Waals surface area (Å²) in [5.74, 6) is 0. The van der Waals surface area contributed by atoms with E-state index in [-0.39, 0.29) is 0 Å². The molecule has 0 radical (unpaired) electrons. The van der Waals surface area contributed by atoms with Crippen LogP contribution in [0.3, 0.4) is 0 Å². The number of unbranched alkanes of at least 4 members (excludes halogenated alkanes) is 3. The van der Waals surface area contributed by atoms with Gasteiger partial charge in [-0.1, -0.05) is 27.2 Å². The summed E-state index contributed by atoms with van der Waals surface area (Å²) in [6.07, 6.45) is 4.88. The molecule has 0 saturated carbocycles. The van der Waals surface area contributed by atoms with Crippen molar-refractivity contribution in [3.63, 3.8) is 0 Å². The molecule has 2 nitrogen and oxygen atoms in total. The van der Waals surface area contributed by atoms with Gasteiger partial charge in [-0.25, -0.2) is 0 Å². The van der Waals surface area contributed by atoms with Gasteiger partial charge in [0.2, 0.25) is 0 Å². The molecule has 0 aliphatic heterocycles. The molecular formula is C12H26O2Si. The fourth-order valence-electron chi connectivity index (χ4n) is 1.05. The predicted octanol–water partition coefficient (Wildman–Crippen LogP) is 3.77. The minimum Gasteiger partial charge on any atom is -0.417 e. The Morgan fingerprint density at radius 1 is 1.13 bits per heavy atom. The largest absolute Gasteiger partial charge is 0.417 e. The number of carbonyl (C=O) groups is 1. The van der Waals surface area contributed by atoms with E-state index in [4.69, 9.17) is 4.43 Å². The van der Waals surface area contributed by atoms with Gasteiger partial charge in [0.25, 0.3) is 0 Å². The van der Waals surface area contributed by atoms with Gasteiger partial charge in [-0.3, -0.25) is 0 Å². The summed E-state index contributed by atoms with van der Waals surface area (Å²) in [7, 11) is -1.54. The molecule has 0 amide bonds. The molecular weight excluding hydrogens is 204 g/mol. The van der Waals surface area contributed by atoms with E-state index in [9.17, 15) is 4.79 Å². The smallest absolute Gasteiger partial charge is 0.191 e. The van der Waals surface area contributed by atoms with Gasteiger partial charge in [-0.05, 0) is 31.0 Å². The molecule has 0 saturated heterocycles. The molecule has 0 heterocycles. The third kappa shape index (κ3) is 6.10. The van der Waals surface area contributed by atoms with Gasteiger partial charge in [-0.15, -0.1) is 0 Å². The number of hydrogen-bond acceptors (Lipinski definition) is 2. The fraction of sp³-hybridized carbons (Fsp3) is 0.917. The van der Waals surface area contributed by atoms with Crippen molar-refractivity contribution in [3.05, 3.63) is 0 Å². The average molecular weight is 230 g/mol. The van der Waals surface area contributed by atoms with Crippen molar-refractivity contribution in [3.8, 4) is 0 Å². The van der Waals surface area contributed by atoms with Crippen molar-refractivity contribution in [2.45, 2.75) is 64.6 Å². The van der Waals surface area contributed by atoms with E-state index in [0.29, 0.717) is 11.5 Å². The van der Waals surface area contributed by atoms with Crippen LogP contribution in [0.4, 0.5) is 0 Å². The maximum atomic E-state index is 10.1. The first-order chi connectivity index (χ1) is 6.81. The van der Waals surface area contributed by atoms with Crippen LogP contribution in [0.25, 0.3) is 0 Å². The van der Waals surface area contributed by atoms with Gasteiger partial charge >= 0.3 is 0 Å². The van der Waals surface area contributed by atoms with Crippen molar-refractivity contribution in [2.24, 2.45) is 0 Å². The van der Waals surface area contributed by atoms with Crippen molar-refractivity contribution < 1.29 is 9.22 Å². The SMILES string of the molecule is CC(C)(C)[Si](C)(C)OCCCCCC=O. The molecule has 0 aliphatic carbocycles. The number of aldehydes is 1. The molecule has 0 unspecified atom stereocenters. The van der Waals surface area contributed by atoms with Crippen molar-refractivity contribution in [1.29, 1.82) is 0 Å². The Morgan fingerprint density at radius 3 is 2.20 bits per heavy atom. The number of rotatable bonds is 7. The Kier molecular flexibility index (Phi) is 6.37. The van der Waals surface area contributed by atoms with Crippen LogP contribution in [-0.4, -0.2) is 21.2 Å². The van der Waals surface area contributed by atoms with Crippen LogP contribution >= 0.6 is 0 Å². The quantitative estimate of drug-likeness (QED) is 0.378. The molecule has 0 aliphatic rings. The lowest BCUT2D eigenvalue weighted by atomic mass is 10.2. The van der Waals surface area contributed by atoms with E-state index in [1.54, 1.807) is 0 Å². The normalized spacial score (nSPS) is 12.9. The molecule has 0 fully saturated rings. The Labute approximate surface area is 95.5 Å². The molecule has 0 spiro atoms. The zero-order valence-electron chi connectivity index (χ0n) is 10.9. The molecule has 0 bridgehead atoms. The van der Waals surface area contributed by atoms with Crippen molar-refractivity contribution in [2.75, 3.05) is 6.61 Å². The minimum atomic E-state index is -1.54. The standard InChI is InChI=1S/C12H26O2Si/c1-12(2,3)15(4,5)14-11-9-7-6-8-10-13/h10H,6-9,11H2,1-5H3. The highest BCUT2D eigenvalue weighted by Crippen LogP contribution is 2.36. The summed E-state index contributed by atoms with van der Waals surface area (Å²) < 4.78 is 6.02. The lowest BCUT2D eigenvalue weighted by molar-refractivity contribution is -0.107. The monoisotopic (exact) mass is 230 g/mol. The van der Waals surface area contributed by atoms with Crippen molar-refractivity contribution in [1.82, 2.24) is 0 Å². The minimum absolute atomic E-state index is 0.301. The summed E-state index contributed by atoms with van der Waals surface area (Å²) in [4.78, 5) is 10.1. The van der Waals surface area contributed by atoms with Gasteiger partial charge in [-0.2, -0.15) is 0 Å². The van der Waals surface area contributed by atoms with E-state index >= 15 is 0 Å². The fourth-order valence-corrected chi connectivity index (χ4v) is 2.14. The second-order valence-electron chi connectivity index (χ2n) is 5.62. The van der Waals surface area contributed by atoms with Gasteiger partial charge in [0.15, 0.2) is 8.32 Å². The van der Waals surface area contributed by atoms with E-state index in [0.717, 1.165) is 32.2 Å². The summed E-state index contributed by atoms with van der Waals surface area (Å²) in [6, 6.07) is 0. The molecule has 0 aromatic carbocycles. The van der Waals surface area contributed by atoms with Crippen LogP contribution in [0.1, 0.15) is 46.5 Å². The molecule has 90 valence electrons. The third-order valence-corrected chi connectivity index (χ3v) is 7.77. The second-order valence-corrected chi connectivity index (χ2v) is 10.4. The van der Waals surface area contributed by atoms with E-state index in [2.05, 4.69) is 33.9 Å². The molecule has 15 heavy (non-hydrogen) atoms. The first-order valence-corrected chi connectivity index (χ1v) is 8.79. The Morgan fingerprint density at radius 2 is 1.73 bits per heavy atom. The Hall–Kier alpha value is -0.153. The highest BCUT2D eigenvalue weighted by Gasteiger charge is 2.36. The summed E-state index contributed by atoms with van der Waals surface area (Å²) >= 11 is 0. The van der Waals surface area contributed by atoms with Crippen LogP contribution in [0.15, 0.2) is 0 Å². The van der Waals surface area contributed by atoms with Crippen LogP contribution in [-0.2, 0) is 9.22 Å². The molecule has 0 aromatic rings. The molecule has 0 N–H and O–H groups in total. The highest BCUT2D eigenvalue weighted by atomic mass is 28.4. The lowest BCUT2D eigenvalue weighted by Crippen LogP contribution is -2.40. The molecule has 3 heteroatoms. The summed E-state index contributed by atoms with van der Waals surface area (Å²) in [6.45, 7) is 12.2. The van der Waals surface area contributed by atoms with E-state index in [1.807, 2.05) is 0 Å². The topological polar surface area (TPSA) is 26.3 Å². The van der Waals surface area contributed by atoms with E-state index < -0.39 is 8.32 Å². The van der Waals surface area contributed by atoms with Gasteiger partial charge in [0.05, 0.1) is 0 Å². The zero-order valence-corrected chi connectivity index (χ0v) is 11.9. The van der Waals surface area contributed by atoms with Gasteiger partial charge in [0.1, 0.15) is 6.29 Å². The molecule has 0 rings (SSSR count). The molecule has 0 aromatic heterocycles. The summed E-state index contributed by atoms with van der Waals surface area (Å²) in [5.41, 5.74) is 0. The third-order valence-electron chi connectivity index (χ3n) is 3.24. The first-order valence-electron chi connectivity index (χ1n) is 5.89. The van der Waals surface area contributed by atoms with Crippen LogP contribution < -0.4 is 0 Å². The maximum absolute atomic E-state index is 10.1. The van der Waals surface area contributed by atoms with E-state index in [1.165, 1.54) is 0 Å². The Bertz CT molecular complexity index is 183. The average Bonchev–Trinajstić information content (AvgIpc) is 2.09. The predicted molar refractivity (Wildman–Crippen MR) is 67.7 cm³/mol. The number of carbonyl (C=O) groups excluding carboxylic acids is 1. The molecule has 0 atom stereocenters. The maximum Gasteiger partial charge on any atom is 0.191 e. The van der Waals surface area contributed by atoms with Crippen LogP contribution in [0.2, 0.25) is 18.1 Å². The lowest BCUT2D eigenvalue weighted by Gasteiger charge is -2.36. The first kappa shape index (κ1) is 14.8. The zero-order chi connectivity index (χ0) is 11.9. The Balaban J connectivity index is 3.62. The summed E-state index contributed by atoms with van der Waals surface area (Å²) in [5, 5.41) is 0.301. The van der Waals surface area contributed by atoms with Crippen LogP contribution in [0, 0.1) is 0 Å². The number of hydrogen-bond donors (Lipinski definition) is 0. The van der Waals surface area contributed by atoms with Gasteiger partial charge in [0, 0.05) is 13.0 Å². The van der Waals surface area contributed by atoms with Crippen LogP contribution in [0.5, 0.6) is 0 Å².